The van der Waals surface area contributed by atoms with E-state index in [0.29, 0.717) is 5.13 Å². The lowest BCUT2D eigenvalue weighted by Gasteiger charge is -2.03. The van der Waals surface area contributed by atoms with Crippen molar-refractivity contribution in [3.05, 3.63) is 35.9 Å². The molecule has 2 aromatic rings. The second-order valence-electron chi connectivity index (χ2n) is 3.87. The Morgan fingerprint density at radius 1 is 1.43 bits per heavy atom. The van der Waals surface area contributed by atoms with Crippen molar-refractivity contribution in [3.63, 3.8) is 0 Å². The van der Waals surface area contributed by atoms with Crippen molar-refractivity contribution in [3.8, 4) is 5.75 Å². The molecule has 2 rings (SSSR count). The molecule has 0 atom stereocenters. The Labute approximate surface area is 131 Å². The first kappa shape index (κ1) is 15.5. The Bertz CT molecular complexity index is 641. The predicted molar refractivity (Wildman–Crippen MR) is 87.0 cm³/mol. The number of thioether (sulfide) groups is 1. The summed E-state index contributed by atoms with van der Waals surface area (Å²) in [5.41, 5.74) is 0.842. The molecule has 0 bridgehead atoms. The molecule has 21 heavy (non-hydrogen) atoms. The standard InChI is InChI=1S/C14H15N3O2S2/c1-3-20-14-17-16-13(21-14)15-12(18)9-8-10-6-4-5-7-11(10)19-2/h4-9H,3H2,1-2H3,(H,15,16,18)/b9-8+. The van der Waals surface area contributed by atoms with Crippen molar-refractivity contribution >= 4 is 40.2 Å². The van der Waals surface area contributed by atoms with E-state index in [9.17, 15) is 4.79 Å². The SMILES string of the molecule is CCSc1nnc(NC(=O)/C=C/c2ccccc2OC)s1. The van der Waals surface area contributed by atoms with Gasteiger partial charge in [0.2, 0.25) is 11.0 Å². The van der Waals surface area contributed by atoms with Crippen LogP contribution in [0, 0.1) is 0 Å². The Morgan fingerprint density at radius 2 is 2.24 bits per heavy atom. The second-order valence-corrected chi connectivity index (χ2v) is 6.36. The van der Waals surface area contributed by atoms with Gasteiger partial charge in [-0.05, 0) is 17.9 Å². The van der Waals surface area contributed by atoms with Crippen LogP contribution in [0.5, 0.6) is 5.75 Å². The number of aromatic nitrogens is 2. The highest BCUT2D eigenvalue weighted by molar-refractivity contribution is 8.01. The van der Waals surface area contributed by atoms with E-state index >= 15 is 0 Å². The van der Waals surface area contributed by atoms with Crippen molar-refractivity contribution in [1.29, 1.82) is 0 Å². The van der Waals surface area contributed by atoms with Gasteiger partial charge in [0.15, 0.2) is 4.34 Å². The average Bonchev–Trinajstić information content (AvgIpc) is 2.93. The molecule has 0 fully saturated rings. The topological polar surface area (TPSA) is 64.1 Å². The van der Waals surface area contributed by atoms with Crippen molar-refractivity contribution in [2.75, 3.05) is 18.2 Å². The first-order valence-electron chi connectivity index (χ1n) is 6.31. The molecule has 5 nitrogen and oxygen atoms in total. The summed E-state index contributed by atoms with van der Waals surface area (Å²) in [5, 5.41) is 11.1. The van der Waals surface area contributed by atoms with Gasteiger partial charge in [-0.15, -0.1) is 10.2 Å². The summed E-state index contributed by atoms with van der Waals surface area (Å²) in [6.07, 6.45) is 3.16. The van der Waals surface area contributed by atoms with Crippen LogP contribution in [0.2, 0.25) is 0 Å². The van der Waals surface area contributed by atoms with E-state index in [4.69, 9.17) is 4.74 Å². The van der Waals surface area contributed by atoms with E-state index in [1.165, 1.54) is 17.4 Å². The van der Waals surface area contributed by atoms with Gasteiger partial charge in [-0.1, -0.05) is 48.2 Å². The predicted octanol–water partition coefficient (Wildman–Crippen LogP) is 3.31. The number of benzene rings is 1. The summed E-state index contributed by atoms with van der Waals surface area (Å²) in [4.78, 5) is 11.8. The van der Waals surface area contributed by atoms with Gasteiger partial charge in [0.25, 0.3) is 0 Å². The largest absolute Gasteiger partial charge is 0.496 e. The van der Waals surface area contributed by atoms with Crippen LogP contribution in [0.3, 0.4) is 0 Å². The average molecular weight is 321 g/mol. The maximum Gasteiger partial charge on any atom is 0.250 e. The highest BCUT2D eigenvalue weighted by Crippen LogP contribution is 2.25. The van der Waals surface area contributed by atoms with Crippen molar-refractivity contribution in [2.45, 2.75) is 11.3 Å². The summed E-state index contributed by atoms with van der Waals surface area (Å²) < 4.78 is 6.07. The van der Waals surface area contributed by atoms with Crippen molar-refractivity contribution < 1.29 is 9.53 Å². The normalized spacial score (nSPS) is 10.8. The summed E-state index contributed by atoms with van der Waals surface area (Å²) in [5.74, 6) is 1.40. The molecule has 0 aliphatic rings. The molecule has 0 unspecified atom stereocenters. The monoisotopic (exact) mass is 321 g/mol. The maximum atomic E-state index is 11.8. The zero-order chi connectivity index (χ0) is 15.1. The summed E-state index contributed by atoms with van der Waals surface area (Å²) in [6, 6.07) is 7.49. The molecular weight excluding hydrogens is 306 g/mol. The van der Waals surface area contributed by atoms with Gasteiger partial charge in [0, 0.05) is 11.6 Å². The number of anilines is 1. The number of methoxy groups -OCH3 is 1. The third-order valence-corrected chi connectivity index (χ3v) is 4.31. The molecule has 1 heterocycles. The smallest absolute Gasteiger partial charge is 0.250 e. The van der Waals surface area contributed by atoms with E-state index in [1.54, 1.807) is 24.9 Å². The number of carbonyl (C=O) groups is 1. The van der Waals surface area contributed by atoms with Gasteiger partial charge < -0.3 is 4.74 Å². The van der Waals surface area contributed by atoms with Crippen LogP contribution in [0.15, 0.2) is 34.7 Å². The third-order valence-electron chi connectivity index (χ3n) is 2.46. The van der Waals surface area contributed by atoms with Gasteiger partial charge in [-0.2, -0.15) is 0 Å². The van der Waals surface area contributed by atoms with Crippen LogP contribution in [-0.2, 0) is 4.79 Å². The number of hydrogen-bond donors (Lipinski definition) is 1. The van der Waals surface area contributed by atoms with Crippen LogP contribution in [0.4, 0.5) is 5.13 Å². The Morgan fingerprint density at radius 3 is 3.00 bits per heavy atom. The molecule has 0 spiro atoms. The number of carbonyl (C=O) groups excluding carboxylic acids is 1. The number of nitrogens with one attached hydrogen (secondary N) is 1. The molecule has 110 valence electrons. The van der Waals surface area contributed by atoms with E-state index < -0.39 is 0 Å². The highest BCUT2D eigenvalue weighted by atomic mass is 32.2. The van der Waals surface area contributed by atoms with E-state index in [0.717, 1.165) is 21.4 Å². The molecule has 0 aliphatic carbocycles. The molecule has 0 saturated heterocycles. The second kappa shape index (κ2) is 7.80. The van der Waals surface area contributed by atoms with Gasteiger partial charge >= 0.3 is 0 Å². The Balaban J connectivity index is 1.98. The van der Waals surface area contributed by atoms with Crippen LogP contribution >= 0.6 is 23.1 Å². The summed E-state index contributed by atoms with van der Waals surface area (Å²) in [7, 11) is 1.60. The zero-order valence-corrected chi connectivity index (χ0v) is 13.3. The summed E-state index contributed by atoms with van der Waals surface area (Å²) >= 11 is 2.96. The fourth-order valence-corrected chi connectivity index (χ4v) is 3.21. The third kappa shape index (κ3) is 4.57. The van der Waals surface area contributed by atoms with E-state index in [2.05, 4.69) is 15.5 Å². The number of ether oxygens (including phenoxy) is 1. The molecule has 1 aromatic heterocycles. The summed E-state index contributed by atoms with van der Waals surface area (Å²) in [6.45, 7) is 2.04. The number of hydrogen-bond acceptors (Lipinski definition) is 6. The fraction of sp³-hybridized carbons (Fsp3) is 0.214. The van der Waals surface area contributed by atoms with Gasteiger partial charge in [-0.3, -0.25) is 10.1 Å². The molecule has 0 saturated carbocycles. The number of rotatable bonds is 6. The van der Waals surface area contributed by atoms with Gasteiger partial charge in [0.05, 0.1) is 7.11 Å². The van der Waals surface area contributed by atoms with Gasteiger partial charge in [-0.25, -0.2) is 0 Å². The lowest BCUT2D eigenvalue weighted by Crippen LogP contribution is -2.07. The molecule has 0 aliphatic heterocycles. The Kier molecular flexibility index (Phi) is 5.77. The molecule has 1 aromatic carbocycles. The molecule has 1 N–H and O–H groups in total. The quantitative estimate of drug-likeness (QED) is 0.502. The molecular formula is C14H15N3O2S2. The van der Waals surface area contributed by atoms with Crippen LogP contribution in [0.25, 0.3) is 6.08 Å². The lowest BCUT2D eigenvalue weighted by atomic mass is 10.2. The molecule has 0 radical (unpaired) electrons. The number of nitrogens with zero attached hydrogens (tertiary/aromatic N) is 2. The number of para-hydroxylation sites is 1. The lowest BCUT2D eigenvalue weighted by molar-refractivity contribution is -0.111. The minimum absolute atomic E-state index is 0.245. The van der Waals surface area contributed by atoms with E-state index in [1.807, 2.05) is 31.2 Å². The van der Waals surface area contributed by atoms with Crippen LogP contribution in [-0.4, -0.2) is 29.0 Å². The molecule has 1 amide bonds. The van der Waals surface area contributed by atoms with E-state index in [-0.39, 0.29) is 5.91 Å². The minimum atomic E-state index is -0.245. The fourth-order valence-electron chi connectivity index (χ4n) is 1.56. The highest BCUT2D eigenvalue weighted by Gasteiger charge is 2.06. The maximum absolute atomic E-state index is 11.8. The first-order chi connectivity index (χ1) is 10.2. The van der Waals surface area contributed by atoms with Crippen LogP contribution < -0.4 is 10.1 Å². The Hall–Kier alpha value is -1.86. The number of amides is 1. The minimum Gasteiger partial charge on any atom is -0.496 e. The first-order valence-corrected chi connectivity index (χ1v) is 8.11. The van der Waals surface area contributed by atoms with Gasteiger partial charge in [0.1, 0.15) is 5.75 Å². The van der Waals surface area contributed by atoms with Crippen molar-refractivity contribution in [1.82, 2.24) is 10.2 Å². The zero-order valence-electron chi connectivity index (χ0n) is 11.7. The van der Waals surface area contributed by atoms with Crippen molar-refractivity contribution in [2.24, 2.45) is 0 Å². The van der Waals surface area contributed by atoms with Crippen LogP contribution in [0.1, 0.15) is 12.5 Å². The molecule has 7 heteroatoms.